The van der Waals surface area contributed by atoms with E-state index in [1.807, 2.05) is 29.5 Å². The number of aryl methyl sites for hydroxylation is 2. The zero-order valence-electron chi connectivity index (χ0n) is 11.7. The van der Waals surface area contributed by atoms with Crippen molar-refractivity contribution in [2.45, 2.75) is 52.1 Å². The highest BCUT2D eigenvalue weighted by atomic mass is 79.9. The number of amides is 1. The first-order chi connectivity index (χ1) is 9.17. The summed E-state index contributed by atoms with van der Waals surface area (Å²) in [6, 6.07) is 2.28. The molecule has 1 aliphatic heterocycles. The summed E-state index contributed by atoms with van der Waals surface area (Å²) in [5.74, 6) is 0.146. The molecule has 0 aromatic carbocycles. The molecule has 0 aliphatic carbocycles. The first kappa shape index (κ1) is 14.6. The number of carbonyl (C=O) groups excluding carboxylic acids is 1. The molecule has 1 aromatic rings. The van der Waals surface area contributed by atoms with Crippen LogP contribution in [0.5, 0.6) is 0 Å². The number of rotatable bonds is 4. The number of alkyl halides is 1. The lowest BCUT2D eigenvalue weighted by atomic mass is 9.99. The van der Waals surface area contributed by atoms with Crippen LogP contribution in [0.4, 0.5) is 0 Å². The lowest BCUT2D eigenvalue weighted by Crippen LogP contribution is -2.44. The zero-order valence-corrected chi connectivity index (χ0v) is 13.3. The Morgan fingerprint density at radius 3 is 3.00 bits per heavy atom. The molecule has 1 aliphatic rings. The van der Waals surface area contributed by atoms with Gasteiger partial charge < -0.3 is 4.90 Å². The van der Waals surface area contributed by atoms with Gasteiger partial charge in [-0.3, -0.25) is 9.48 Å². The Hall–Kier alpha value is -0.840. The molecular weight excluding hydrogens is 306 g/mol. The van der Waals surface area contributed by atoms with E-state index in [0.29, 0.717) is 6.04 Å². The molecule has 0 N–H and O–H groups in total. The fourth-order valence-corrected chi connectivity index (χ4v) is 3.33. The monoisotopic (exact) mass is 327 g/mol. The number of hydrogen-bond acceptors (Lipinski definition) is 2. The van der Waals surface area contributed by atoms with Crippen LogP contribution < -0.4 is 0 Å². The van der Waals surface area contributed by atoms with E-state index in [0.717, 1.165) is 49.1 Å². The lowest BCUT2D eigenvalue weighted by molar-refractivity contribution is 0.0597. The number of piperidine rings is 1. The topological polar surface area (TPSA) is 38.1 Å². The average Bonchev–Trinajstić information content (AvgIpc) is 2.80. The Labute approximate surface area is 123 Å². The number of nitrogens with zero attached hydrogens (tertiary/aromatic N) is 3. The predicted octanol–water partition coefficient (Wildman–Crippen LogP) is 2.99. The molecule has 0 spiro atoms. The van der Waals surface area contributed by atoms with Crippen LogP contribution in [0, 0.1) is 6.92 Å². The highest BCUT2D eigenvalue weighted by molar-refractivity contribution is 9.09. The molecule has 4 nitrogen and oxygen atoms in total. The van der Waals surface area contributed by atoms with E-state index >= 15 is 0 Å². The number of likely N-dealkylation sites (tertiary alicyclic amines) is 1. The van der Waals surface area contributed by atoms with Gasteiger partial charge in [-0.2, -0.15) is 5.10 Å². The van der Waals surface area contributed by atoms with Crippen molar-refractivity contribution in [3.8, 4) is 0 Å². The third-order valence-electron chi connectivity index (χ3n) is 3.75. The van der Waals surface area contributed by atoms with Crippen LogP contribution in [-0.4, -0.2) is 38.5 Å². The van der Waals surface area contributed by atoms with Crippen molar-refractivity contribution >= 4 is 21.8 Å². The van der Waals surface area contributed by atoms with Gasteiger partial charge in [-0.05, 0) is 45.6 Å². The molecule has 1 unspecified atom stereocenters. The minimum Gasteiger partial charge on any atom is -0.334 e. The van der Waals surface area contributed by atoms with Crippen LogP contribution >= 0.6 is 15.9 Å². The van der Waals surface area contributed by atoms with Crippen molar-refractivity contribution in [3.05, 3.63) is 17.5 Å². The van der Waals surface area contributed by atoms with Gasteiger partial charge in [-0.25, -0.2) is 0 Å². The summed E-state index contributed by atoms with van der Waals surface area (Å²) in [6.45, 7) is 5.58. The summed E-state index contributed by atoms with van der Waals surface area (Å²) >= 11 is 3.49. The Morgan fingerprint density at radius 2 is 2.32 bits per heavy atom. The van der Waals surface area contributed by atoms with Gasteiger partial charge in [0, 0.05) is 24.5 Å². The van der Waals surface area contributed by atoms with Crippen molar-refractivity contribution in [1.29, 1.82) is 0 Å². The van der Waals surface area contributed by atoms with E-state index in [4.69, 9.17) is 0 Å². The quantitative estimate of drug-likeness (QED) is 0.797. The molecule has 1 fully saturated rings. The highest BCUT2D eigenvalue weighted by Gasteiger charge is 2.28. The fraction of sp³-hybridized carbons (Fsp3) is 0.714. The van der Waals surface area contributed by atoms with Crippen molar-refractivity contribution in [3.63, 3.8) is 0 Å². The molecule has 1 saturated heterocycles. The Kier molecular flexibility index (Phi) is 5.02. The van der Waals surface area contributed by atoms with Crippen LogP contribution in [0.1, 0.15) is 48.8 Å². The first-order valence-corrected chi connectivity index (χ1v) is 8.21. The molecule has 2 rings (SSSR count). The molecule has 0 bridgehead atoms. The van der Waals surface area contributed by atoms with Gasteiger partial charge in [0.05, 0.1) is 5.69 Å². The molecule has 5 heteroatoms. The van der Waals surface area contributed by atoms with E-state index in [2.05, 4.69) is 21.0 Å². The van der Waals surface area contributed by atoms with Crippen molar-refractivity contribution in [2.24, 2.45) is 0 Å². The summed E-state index contributed by atoms with van der Waals surface area (Å²) in [5.41, 5.74) is 1.65. The average molecular weight is 328 g/mol. The molecule has 0 radical (unpaired) electrons. The number of hydrogen-bond donors (Lipinski definition) is 0. The van der Waals surface area contributed by atoms with Crippen LogP contribution in [0.25, 0.3) is 0 Å². The fourth-order valence-electron chi connectivity index (χ4n) is 2.80. The molecular formula is C14H22BrN3O. The number of halogens is 1. The summed E-state index contributed by atoms with van der Waals surface area (Å²) in [7, 11) is 0. The maximum absolute atomic E-state index is 12.7. The van der Waals surface area contributed by atoms with E-state index < -0.39 is 0 Å². The third kappa shape index (κ3) is 3.19. The van der Waals surface area contributed by atoms with Crippen molar-refractivity contribution < 1.29 is 4.79 Å². The van der Waals surface area contributed by atoms with Gasteiger partial charge in [0.25, 0.3) is 5.91 Å². The molecule has 1 amide bonds. The first-order valence-electron chi connectivity index (χ1n) is 7.08. The van der Waals surface area contributed by atoms with Crippen LogP contribution in [0.3, 0.4) is 0 Å². The maximum Gasteiger partial charge on any atom is 0.272 e. The SMILES string of the molecule is CCn1nc(C)cc1C(=O)N1CCCCC1CCBr. The normalized spacial score (nSPS) is 19.7. The molecule has 106 valence electrons. The zero-order chi connectivity index (χ0) is 13.8. The van der Waals surface area contributed by atoms with Crippen molar-refractivity contribution in [1.82, 2.24) is 14.7 Å². The van der Waals surface area contributed by atoms with Crippen LogP contribution in [-0.2, 0) is 6.54 Å². The standard InChI is InChI=1S/C14H22BrN3O/c1-3-18-13(10-11(2)16-18)14(19)17-9-5-4-6-12(17)7-8-15/h10,12H,3-9H2,1-2H3. The summed E-state index contributed by atoms with van der Waals surface area (Å²) in [4.78, 5) is 14.8. The highest BCUT2D eigenvalue weighted by Crippen LogP contribution is 2.23. The minimum atomic E-state index is 0.146. The van der Waals surface area contributed by atoms with E-state index in [9.17, 15) is 4.79 Å². The second-order valence-electron chi connectivity index (χ2n) is 5.11. The van der Waals surface area contributed by atoms with E-state index in [1.165, 1.54) is 6.42 Å². The maximum atomic E-state index is 12.7. The molecule has 1 atom stereocenters. The minimum absolute atomic E-state index is 0.146. The molecule has 2 heterocycles. The number of carbonyl (C=O) groups is 1. The molecule has 1 aromatic heterocycles. The Balaban J connectivity index is 2.20. The van der Waals surface area contributed by atoms with E-state index in [-0.39, 0.29) is 5.91 Å². The molecule has 0 saturated carbocycles. The largest absolute Gasteiger partial charge is 0.334 e. The lowest BCUT2D eigenvalue weighted by Gasteiger charge is -2.35. The summed E-state index contributed by atoms with van der Waals surface area (Å²) < 4.78 is 1.82. The van der Waals surface area contributed by atoms with Gasteiger partial charge in [0.15, 0.2) is 0 Å². The van der Waals surface area contributed by atoms with Crippen molar-refractivity contribution in [2.75, 3.05) is 11.9 Å². The smallest absolute Gasteiger partial charge is 0.272 e. The van der Waals surface area contributed by atoms with Gasteiger partial charge in [-0.15, -0.1) is 0 Å². The Morgan fingerprint density at radius 1 is 1.53 bits per heavy atom. The molecule has 19 heavy (non-hydrogen) atoms. The number of aromatic nitrogens is 2. The van der Waals surface area contributed by atoms with Crippen LogP contribution in [0.2, 0.25) is 0 Å². The van der Waals surface area contributed by atoms with Gasteiger partial charge in [0.2, 0.25) is 0 Å². The second-order valence-corrected chi connectivity index (χ2v) is 5.91. The van der Waals surface area contributed by atoms with Gasteiger partial charge >= 0.3 is 0 Å². The van der Waals surface area contributed by atoms with Gasteiger partial charge in [0.1, 0.15) is 5.69 Å². The van der Waals surface area contributed by atoms with Gasteiger partial charge in [-0.1, -0.05) is 15.9 Å². The second kappa shape index (κ2) is 6.55. The predicted molar refractivity (Wildman–Crippen MR) is 79.7 cm³/mol. The summed E-state index contributed by atoms with van der Waals surface area (Å²) in [5, 5.41) is 5.33. The third-order valence-corrected chi connectivity index (χ3v) is 4.21. The summed E-state index contributed by atoms with van der Waals surface area (Å²) in [6.07, 6.45) is 4.50. The van der Waals surface area contributed by atoms with E-state index in [1.54, 1.807) is 0 Å². The Bertz CT molecular complexity index is 442. The van der Waals surface area contributed by atoms with Crippen LogP contribution in [0.15, 0.2) is 6.07 Å².